The van der Waals surface area contributed by atoms with Gasteiger partial charge in [-0.3, -0.25) is 14.6 Å². The van der Waals surface area contributed by atoms with Gasteiger partial charge in [0.05, 0.1) is 30.5 Å². The molecule has 9 heteroatoms. The Labute approximate surface area is 183 Å². The fourth-order valence-corrected chi connectivity index (χ4v) is 4.27. The molecule has 1 aliphatic heterocycles. The van der Waals surface area contributed by atoms with E-state index in [-0.39, 0.29) is 11.5 Å². The van der Waals surface area contributed by atoms with Gasteiger partial charge in [-0.05, 0) is 42.1 Å². The van der Waals surface area contributed by atoms with Crippen molar-refractivity contribution in [3.8, 4) is 22.8 Å². The molecule has 0 saturated carbocycles. The lowest BCUT2D eigenvalue weighted by molar-refractivity contribution is -0.763. The van der Waals surface area contributed by atoms with E-state index in [0.717, 1.165) is 0 Å². The van der Waals surface area contributed by atoms with Gasteiger partial charge < -0.3 is 9.47 Å². The molecule has 1 amide bonds. The van der Waals surface area contributed by atoms with Crippen LogP contribution in [-0.4, -0.2) is 36.0 Å². The van der Waals surface area contributed by atoms with Gasteiger partial charge >= 0.3 is 11.3 Å². The fourth-order valence-electron chi connectivity index (χ4n) is 3.91. The first-order valence-electron chi connectivity index (χ1n) is 9.80. The van der Waals surface area contributed by atoms with Crippen LogP contribution in [0.2, 0.25) is 0 Å². The number of aromatic amines is 1. The molecule has 3 aromatic rings. The van der Waals surface area contributed by atoms with Crippen molar-refractivity contribution in [2.45, 2.75) is 25.2 Å². The topological polar surface area (TPSA) is 88.4 Å². The number of nitrogens with one attached hydrogen (secondary N) is 1. The van der Waals surface area contributed by atoms with Gasteiger partial charge in [0.1, 0.15) is 0 Å². The average Bonchev–Trinajstić information content (AvgIpc) is 2.77. The second-order valence-corrected chi connectivity index (χ2v) is 7.64. The zero-order valence-electron chi connectivity index (χ0n) is 17.7. The van der Waals surface area contributed by atoms with Crippen molar-refractivity contribution in [1.82, 2.24) is 10.1 Å². The van der Waals surface area contributed by atoms with Crippen molar-refractivity contribution >= 4 is 23.4 Å². The molecule has 31 heavy (non-hydrogen) atoms. The lowest BCUT2D eigenvalue weighted by Gasteiger charge is -2.32. The normalized spacial score (nSPS) is 14.6. The molecule has 0 bridgehead atoms. The standard InChI is InChI=1S/C22H22N4O4S/c1-5-30-17-12-8-10-15(19(17)29-3)21-25(13(2)27)16-11-7-6-9-14(16)18-20(28)23-22(31-4)24-26(18)21/h6-12,21H,5H2,1-4H3/p+1. The third-order valence-electron chi connectivity index (χ3n) is 5.08. The number of anilines is 1. The maximum Gasteiger partial charge on any atom is 0.325 e. The number of carbonyl (C=O) groups excluding carboxylic acids is 1. The van der Waals surface area contributed by atoms with Crippen LogP contribution >= 0.6 is 11.8 Å². The van der Waals surface area contributed by atoms with Crippen LogP contribution < -0.4 is 24.6 Å². The number of hydrogen-bond acceptors (Lipinski definition) is 6. The number of aromatic nitrogens is 3. The first-order valence-corrected chi connectivity index (χ1v) is 11.0. The van der Waals surface area contributed by atoms with Gasteiger partial charge in [-0.2, -0.15) is 0 Å². The van der Waals surface area contributed by atoms with Crippen molar-refractivity contribution in [3.63, 3.8) is 0 Å². The van der Waals surface area contributed by atoms with Gasteiger partial charge in [0.2, 0.25) is 11.1 Å². The van der Waals surface area contributed by atoms with Gasteiger partial charge in [0.25, 0.3) is 6.17 Å². The van der Waals surface area contributed by atoms with Crippen LogP contribution in [0.15, 0.2) is 52.4 Å². The molecule has 2 heterocycles. The molecule has 0 spiro atoms. The minimum atomic E-state index is -0.731. The zero-order chi connectivity index (χ0) is 22.1. The lowest BCUT2D eigenvalue weighted by atomic mass is 10.0. The highest BCUT2D eigenvalue weighted by Gasteiger charge is 2.46. The van der Waals surface area contributed by atoms with Gasteiger partial charge in [-0.1, -0.05) is 30.0 Å². The maximum atomic E-state index is 13.1. The highest BCUT2D eigenvalue weighted by atomic mass is 32.2. The summed E-state index contributed by atoms with van der Waals surface area (Å²) in [6.07, 6.45) is 1.10. The van der Waals surface area contributed by atoms with E-state index in [4.69, 9.17) is 9.47 Å². The summed E-state index contributed by atoms with van der Waals surface area (Å²) in [5, 5.41) is 5.11. The molecule has 2 aromatic carbocycles. The number of thioether (sulfide) groups is 1. The van der Waals surface area contributed by atoms with E-state index < -0.39 is 6.17 Å². The highest BCUT2D eigenvalue weighted by Crippen LogP contribution is 2.42. The summed E-state index contributed by atoms with van der Waals surface area (Å²) in [6.45, 7) is 3.85. The summed E-state index contributed by atoms with van der Waals surface area (Å²) in [7, 11) is 1.56. The Morgan fingerprint density at radius 3 is 2.71 bits per heavy atom. The monoisotopic (exact) mass is 439 g/mol. The van der Waals surface area contributed by atoms with Gasteiger partial charge in [-0.25, -0.2) is 4.90 Å². The van der Waals surface area contributed by atoms with E-state index in [1.165, 1.54) is 18.7 Å². The van der Waals surface area contributed by atoms with Crippen LogP contribution in [0.3, 0.4) is 0 Å². The molecule has 1 aliphatic rings. The zero-order valence-corrected chi connectivity index (χ0v) is 18.5. The molecule has 0 radical (unpaired) electrons. The van der Waals surface area contributed by atoms with E-state index in [9.17, 15) is 9.59 Å². The maximum absolute atomic E-state index is 13.1. The number of H-pyrrole nitrogens is 1. The summed E-state index contributed by atoms with van der Waals surface area (Å²) in [4.78, 5) is 30.5. The third-order valence-corrected chi connectivity index (χ3v) is 5.65. The number of amides is 1. The van der Waals surface area contributed by atoms with Crippen LogP contribution in [0.1, 0.15) is 25.6 Å². The molecule has 160 valence electrons. The quantitative estimate of drug-likeness (QED) is 0.486. The Morgan fingerprint density at radius 1 is 1.26 bits per heavy atom. The van der Waals surface area contributed by atoms with E-state index in [0.29, 0.717) is 45.8 Å². The van der Waals surface area contributed by atoms with Crippen LogP contribution in [0, 0.1) is 0 Å². The number of carbonyl (C=O) groups is 1. The van der Waals surface area contributed by atoms with E-state index in [1.54, 1.807) is 16.7 Å². The molecule has 0 aliphatic carbocycles. The Bertz CT molecular complexity index is 1210. The molecule has 1 aromatic heterocycles. The minimum Gasteiger partial charge on any atom is -0.492 e. The van der Waals surface area contributed by atoms with Crippen LogP contribution in [0.4, 0.5) is 5.69 Å². The number of para-hydroxylation sites is 2. The summed E-state index contributed by atoms with van der Waals surface area (Å²) in [5.41, 5.74) is 2.03. The predicted molar refractivity (Wildman–Crippen MR) is 118 cm³/mol. The number of ether oxygens (including phenoxy) is 2. The molecule has 1 unspecified atom stereocenters. The fraction of sp³-hybridized carbons (Fsp3) is 0.273. The number of rotatable bonds is 5. The second kappa shape index (κ2) is 8.43. The first kappa shape index (κ1) is 20.9. The van der Waals surface area contributed by atoms with Crippen molar-refractivity contribution in [2.75, 3.05) is 24.9 Å². The number of methoxy groups -OCH3 is 1. The van der Waals surface area contributed by atoms with Gasteiger partial charge in [0, 0.05) is 12.0 Å². The van der Waals surface area contributed by atoms with E-state index >= 15 is 0 Å². The smallest absolute Gasteiger partial charge is 0.325 e. The van der Waals surface area contributed by atoms with Crippen molar-refractivity contribution in [2.24, 2.45) is 0 Å². The summed E-state index contributed by atoms with van der Waals surface area (Å²) in [5.74, 6) is 0.861. The number of hydrogen-bond donors (Lipinski definition) is 1. The van der Waals surface area contributed by atoms with Crippen molar-refractivity contribution in [3.05, 3.63) is 58.4 Å². The number of benzene rings is 2. The second-order valence-electron chi connectivity index (χ2n) is 6.85. The summed E-state index contributed by atoms with van der Waals surface area (Å²) < 4.78 is 13.1. The Kier molecular flexibility index (Phi) is 5.69. The molecule has 1 N–H and O–H groups in total. The molecule has 0 fully saturated rings. The lowest BCUT2D eigenvalue weighted by Crippen LogP contribution is -2.60. The number of fused-ring (bicyclic) bond motifs is 3. The third kappa shape index (κ3) is 3.44. The molecular weight excluding hydrogens is 416 g/mol. The van der Waals surface area contributed by atoms with E-state index in [2.05, 4.69) is 10.1 Å². The van der Waals surface area contributed by atoms with E-state index in [1.807, 2.05) is 55.6 Å². The minimum absolute atomic E-state index is 0.188. The van der Waals surface area contributed by atoms with Gasteiger partial charge in [-0.15, -0.1) is 0 Å². The Balaban J connectivity index is 2.10. The SMILES string of the molecule is CCOc1cccc(C2N(C(C)=O)c3ccccc3-c3c(=O)[nH]c(SC)n[n+]32)c1OC. The first-order chi connectivity index (χ1) is 15.0. The Morgan fingerprint density at radius 2 is 2.03 bits per heavy atom. The molecule has 1 atom stereocenters. The number of nitrogens with zero attached hydrogens (tertiary/aromatic N) is 3. The Hall–Kier alpha value is -3.33. The van der Waals surface area contributed by atoms with Crippen LogP contribution in [0.5, 0.6) is 11.5 Å². The largest absolute Gasteiger partial charge is 0.492 e. The average molecular weight is 440 g/mol. The summed E-state index contributed by atoms with van der Waals surface area (Å²) >= 11 is 1.32. The molecule has 0 saturated heterocycles. The van der Waals surface area contributed by atoms with Gasteiger partial charge in [0.15, 0.2) is 11.5 Å². The molecule has 8 nitrogen and oxygen atoms in total. The summed E-state index contributed by atoms with van der Waals surface area (Å²) in [6, 6.07) is 12.8. The van der Waals surface area contributed by atoms with Crippen molar-refractivity contribution < 1.29 is 19.0 Å². The van der Waals surface area contributed by atoms with Crippen LogP contribution in [-0.2, 0) is 4.79 Å². The molecule has 4 rings (SSSR count). The molecular formula is C22H23N4O4S+. The van der Waals surface area contributed by atoms with Crippen molar-refractivity contribution in [1.29, 1.82) is 0 Å². The highest BCUT2D eigenvalue weighted by molar-refractivity contribution is 7.98. The van der Waals surface area contributed by atoms with Crippen LogP contribution in [0.25, 0.3) is 11.3 Å². The predicted octanol–water partition coefficient (Wildman–Crippen LogP) is 2.77.